The van der Waals surface area contributed by atoms with Gasteiger partial charge in [0.15, 0.2) is 18.9 Å². The zero-order valence-electron chi connectivity index (χ0n) is 44.8. The van der Waals surface area contributed by atoms with Crippen LogP contribution in [0.3, 0.4) is 0 Å². The van der Waals surface area contributed by atoms with Gasteiger partial charge >= 0.3 is 0 Å². The second-order valence-electron chi connectivity index (χ2n) is 20.0. The number of amides is 1. The third-order valence-electron chi connectivity index (χ3n) is 13.9. The van der Waals surface area contributed by atoms with Crippen molar-refractivity contribution in [1.29, 1.82) is 0 Å². The van der Waals surface area contributed by atoms with Gasteiger partial charge in [-0.3, -0.25) is 4.79 Å². The second-order valence-corrected chi connectivity index (χ2v) is 20.0. The van der Waals surface area contributed by atoms with Crippen molar-refractivity contribution in [3.8, 4) is 0 Å². The second kappa shape index (κ2) is 39.8. The van der Waals surface area contributed by atoms with E-state index >= 15 is 0 Å². The van der Waals surface area contributed by atoms with Crippen LogP contribution in [-0.4, -0.2) is 193 Å². The van der Waals surface area contributed by atoms with Crippen LogP contribution in [0.2, 0.25) is 0 Å². The molecule has 3 aliphatic rings. The highest BCUT2D eigenvalue weighted by atomic mass is 16.8. The number of allylic oxidation sites excluding steroid dienone is 10. The molecule has 0 bridgehead atoms. The molecule has 19 nitrogen and oxygen atoms in total. The fraction of sp³-hybridized carbons (Fsp3) is 0.804. The summed E-state index contributed by atoms with van der Waals surface area (Å²) in [6, 6.07) is -0.905. The summed E-state index contributed by atoms with van der Waals surface area (Å²) < 4.78 is 34.2. The van der Waals surface area contributed by atoms with Gasteiger partial charge < -0.3 is 89.9 Å². The molecule has 17 unspecified atom stereocenters. The molecule has 19 heteroatoms. The lowest BCUT2D eigenvalue weighted by Gasteiger charge is -2.48. The average Bonchev–Trinajstić information content (AvgIpc) is 3.41. The van der Waals surface area contributed by atoms with Gasteiger partial charge in [0.1, 0.15) is 73.2 Å². The summed E-state index contributed by atoms with van der Waals surface area (Å²) in [5.74, 6) is -0.279. The van der Waals surface area contributed by atoms with E-state index in [1.54, 1.807) is 0 Å². The minimum atomic E-state index is -1.98. The Bertz CT molecular complexity index is 1610. The van der Waals surface area contributed by atoms with Crippen molar-refractivity contribution < 1.29 is 89.4 Å². The molecule has 0 aromatic heterocycles. The average molecular weight is 1070 g/mol. The first-order valence-corrected chi connectivity index (χ1v) is 28.0. The van der Waals surface area contributed by atoms with E-state index in [9.17, 15) is 61.0 Å². The lowest BCUT2D eigenvalue weighted by atomic mass is 9.96. The first kappa shape index (κ1) is 66.8. The molecule has 3 aliphatic heterocycles. The molecule has 3 rings (SSSR count). The first-order valence-electron chi connectivity index (χ1n) is 28.0. The summed E-state index contributed by atoms with van der Waals surface area (Å²) in [4.78, 5) is 13.3. The van der Waals surface area contributed by atoms with Gasteiger partial charge in [-0.15, -0.1) is 0 Å². The van der Waals surface area contributed by atoms with Crippen LogP contribution >= 0.6 is 0 Å². The normalized spacial score (nSPS) is 31.7. The zero-order chi connectivity index (χ0) is 54.8. The van der Waals surface area contributed by atoms with Crippen LogP contribution in [0.15, 0.2) is 60.8 Å². The smallest absolute Gasteiger partial charge is 0.220 e. The van der Waals surface area contributed by atoms with Gasteiger partial charge in [0.05, 0.1) is 38.6 Å². The Labute approximate surface area is 445 Å². The molecular weight excluding hydrogens is 975 g/mol. The Morgan fingerprint density at radius 1 is 0.493 bits per heavy atom. The molecule has 434 valence electrons. The fourth-order valence-corrected chi connectivity index (χ4v) is 9.22. The van der Waals surface area contributed by atoms with Gasteiger partial charge in [-0.05, 0) is 57.8 Å². The third-order valence-corrected chi connectivity index (χ3v) is 13.9. The molecule has 3 heterocycles. The number of hydrogen-bond donors (Lipinski definition) is 12. The number of aliphatic hydroxyl groups is 11. The predicted molar refractivity (Wildman–Crippen MR) is 282 cm³/mol. The highest BCUT2D eigenvalue weighted by Crippen LogP contribution is 2.33. The summed E-state index contributed by atoms with van der Waals surface area (Å²) in [5.41, 5.74) is 0. The van der Waals surface area contributed by atoms with Crippen molar-refractivity contribution in [2.45, 2.75) is 259 Å². The maximum atomic E-state index is 13.3. The van der Waals surface area contributed by atoms with E-state index in [2.05, 4.69) is 79.9 Å². The van der Waals surface area contributed by atoms with Crippen LogP contribution in [-0.2, 0) is 33.2 Å². The van der Waals surface area contributed by atoms with Gasteiger partial charge in [0, 0.05) is 6.42 Å². The molecule has 0 aliphatic carbocycles. The van der Waals surface area contributed by atoms with Gasteiger partial charge in [0.2, 0.25) is 5.91 Å². The molecule has 3 fully saturated rings. The minimum Gasteiger partial charge on any atom is -0.394 e. The summed E-state index contributed by atoms with van der Waals surface area (Å²) in [6.45, 7) is 1.60. The molecule has 1 amide bonds. The Morgan fingerprint density at radius 3 is 1.43 bits per heavy atom. The lowest BCUT2D eigenvalue weighted by Crippen LogP contribution is -2.66. The van der Waals surface area contributed by atoms with Crippen molar-refractivity contribution in [3.05, 3.63) is 60.8 Å². The summed E-state index contributed by atoms with van der Waals surface area (Å²) in [5, 5.41) is 120. The molecule has 3 saturated heterocycles. The minimum absolute atomic E-state index is 0.224. The third kappa shape index (κ3) is 24.6. The van der Waals surface area contributed by atoms with Crippen LogP contribution in [0, 0.1) is 0 Å². The number of hydrogen-bond acceptors (Lipinski definition) is 18. The molecule has 75 heavy (non-hydrogen) atoms. The Morgan fingerprint density at radius 2 is 0.920 bits per heavy atom. The number of rotatable bonds is 39. The molecule has 0 saturated carbocycles. The Balaban J connectivity index is 1.52. The quantitative estimate of drug-likeness (QED) is 0.0309. The Hall–Kier alpha value is -2.51. The highest BCUT2D eigenvalue weighted by Gasteiger charge is 2.53. The topological polar surface area (TPSA) is 307 Å². The van der Waals surface area contributed by atoms with E-state index in [0.717, 1.165) is 70.6 Å². The standard InChI is InChI=1S/C56H97NO18/c1-3-5-7-9-11-13-15-16-17-18-19-20-21-22-24-26-28-30-32-34-44(62)57-39(40(61)33-31-29-27-25-23-14-12-10-8-6-4-2)38-70-54-50(68)47(65)52(42(36-59)72-54)75-56-51(69)48(66)53(43(37-60)73-56)74-55-49(67)46(64)45(63)41(35-58)71-55/h5,7,11,13,16-17,19-20,22,24,39-43,45-56,58-61,63-69H,3-4,6,8-10,12,14-15,18,21,23,25-38H2,1-2H3,(H,57,62)/b7-5-,13-11-,17-16-,20-19-,24-22-. The van der Waals surface area contributed by atoms with Crippen LogP contribution in [0.25, 0.3) is 0 Å². The van der Waals surface area contributed by atoms with E-state index in [1.807, 2.05) is 0 Å². The molecule has 0 spiro atoms. The number of unbranched alkanes of at least 4 members (excludes halogenated alkanes) is 13. The molecule has 0 aromatic rings. The van der Waals surface area contributed by atoms with E-state index in [-0.39, 0.29) is 18.9 Å². The summed E-state index contributed by atoms with van der Waals surface area (Å²) >= 11 is 0. The van der Waals surface area contributed by atoms with Crippen molar-refractivity contribution in [2.75, 3.05) is 26.4 Å². The van der Waals surface area contributed by atoms with E-state index < -0.39 is 124 Å². The maximum Gasteiger partial charge on any atom is 0.220 e. The van der Waals surface area contributed by atoms with Crippen LogP contribution in [0.4, 0.5) is 0 Å². The summed E-state index contributed by atoms with van der Waals surface area (Å²) in [7, 11) is 0. The maximum absolute atomic E-state index is 13.3. The van der Waals surface area contributed by atoms with E-state index in [4.69, 9.17) is 28.4 Å². The molecular formula is C56H97NO18. The molecule has 17 atom stereocenters. The number of ether oxygens (including phenoxy) is 6. The van der Waals surface area contributed by atoms with Gasteiger partial charge in [-0.2, -0.15) is 0 Å². The summed E-state index contributed by atoms with van der Waals surface area (Å²) in [6.07, 6.45) is 16.0. The number of aliphatic hydroxyl groups excluding tert-OH is 11. The van der Waals surface area contributed by atoms with Gasteiger partial charge in [0.25, 0.3) is 0 Å². The van der Waals surface area contributed by atoms with Crippen LogP contribution in [0.1, 0.15) is 155 Å². The Kier molecular flexibility index (Phi) is 35.4. The molecule has 12 N–H and O–H groups in total. The molecule has 0 radical (unpaired) electrons. The van der Waals surface area contributed by atoms with Crippen LogP contribution < -0.4 is 5.32 Å². The zero-order valence-corrected chi connectivity index (χ0v) is 44.8. The predicted octanol–water partition coefficient (Wildman–Crippen LogP) is 3.70. The molecule has 0 aromatic carbocycles. The number of carbonyl (C=O) groups is 1. The highest BCUT2D eigenvalue weighted by molar-refractivity contribution is 5.76. The van der Waals surface area contributed by atoms with E-state index in [1.165, 1.54) is 44.9 Å². The largest absolute Gasteiger partial charge is 0.394 e. The monoisotopic (exact) mass is 1070 g/mol. The first-order chi connectivity index (χ1) is 36.3. The van der Waals surface area contributed by atoms with Gasteiger partial charge in [-0.1, -0.05) is 152 Å². The van der Waals surface area contributed by atoms with E-state index in [0.29, 0.717) is 19.3 Å². The van der Waals surface area contributed by atoms with Crippen molar-refractivity contribution in [2.24, 2.45) is 0 Å². The lowest BCUT2D eigenvalue weighted by molar-refractivity contribution is -0.379. The SMILES string of the molecule is CC/C=C\C/C=C\C/C=C\C/C=C\C/C=C\CCCCCC(=O)NC(COC1OC(CO)C(OC2OC(CO)C(OC3OC(CO)C(O)C(O)C3O)C(O)C2O)C(O)C1O)C(O)CCCCCCCCCCCCC. The number of nitrogens with one attached hydrogen (secondary N) is 1. The number of carbonyl (C=O) groups excluding carboxylic acids is 1. The van der Waals surface area contributed by atoms with Crippen molar-refractivity contribution >= 4 is 5.91 Å². The fourth-order valence-electron chi connectivity index (χ4n) is 9.22. The van der Waals surface area contributed by atoms with Gasteiger partial charge in [-0.25, -0.2) is 0 Å². The van der Waals surface area contributed by atoms with Crippen LogP contribution in [0.5, 0.6) is 0 Å². The van der Waals surface area contributed by atoms with Crippen molar-refractivity contribution in [1.82, 2.24) is 5.32 Å². The van der Waals surface area contributed by atoms with Crippen molar-refractivity contribution in [3.63, 3.8) is 0 Å².